The minimum absolute atomic E-state index is 0. The van der Waals surface area contributed by atoms with Gasteiger partial charge in [-0.3, -0.25) is 9.59 Å². The van der Waals surface area contributed by atoms with Gasteiger partial charge in [0.05, 0.1) is 25.7 Å². The molecule has 1 saturated heterocycles. The minimum Gasteiger partial charge on any atom is -0.463 e. The zero-order chi connectivity index (χ0) is 19.3. The first-order chi connectivity index (χ1) is 12.3. The van der Waals surface area contributed by atoms with Gasteiger partial charge in [0, 0.05) is 38.4 Å². The SMILES string of the molecule is CC[N+]1(CC(=O)Nc2c(C)cccc2C)CCCC(C(=O)OC(C)C)C1.[Y]. The van der Waals surface area contributed by atoms with Crippen LogP contribution < -0.4 is 5.32 Å². The fraction of sp³-hybridized carbons (Fsp3) is 0.619. The van der Waals surface area contributed by atoms with Crippen molar-refractivity contribution in [2.75, 3.05) is 31.5 Å². The quantitative estimate of drug-likeness (QED) is 0.534. The van der Waals surface area contributed by atoms with Gasteiger partial charge in [-0.15, -0.1) is 0 Å². The number of nitrogens with one attached hydrogen (secondary N) is 1. The Morgan fingerprint density at radius 2 is 1.89 bits per heavy atom. The monoisotopic (exact) mass is 450 g/mol. The molecule has 1 aliphatic heterocycles. The Labute approximate surface area is 188 Å². The Morgan fingerprint density at radius 3 is 2.44 bits per heavy atom. The molecule has 1 fully saturated rings. The van der Waals surface area contributed by atoms with Crippen LogP contribution in [-0.4, -0.2) is 48.6 Å². The van der Waals surface area contributed by atoms with Crippen molar-refractivity contribution in [1.29, 1.82) is 0 Å². The number of likely N-dealkylation sites (tertiary alicyclic amines) is 1. The van der Waals surface area contributed by atoms with Gasteiger partial charge in [0.25, 0.3) is 5.91 Å². The molecule has 6 heteroatoms. The van der Waals surface area contributed by atoms with Crippen molar-refractivity contribution in [1.82, 2.24) is 0 Å². The molecule has 0 saturated carbocycles. The van der Waals surface area contributed by atoms with E-state index in [0.717, 1.165) is 42.7 Å². The van der Waals surface area contributed by atoms with Crippen molar-refractivity contribution < 1.29 is 51.5 Å². The van der Waals surface area contributed by atoms with Gasteiger partial charge in [0.15, 0.2) is 6.54 Å². The molecule has 2 rings (SSSR count). The summed E-state index contributed by atoms with van der Waals surface area (Å²) in [6, 6.07) is 6.01. The number of anilines is 1. The molecule has 0 aromatic heterocycles. The van der Waals surface area contributed by atoms with Crippen LogP contribution >= 0.6 is 0 Å². The van der Waals surface area contributed by atoms with E-state index in [1.807, 2.05) is 45.9 Å². The maximum atomic E-state index is 12.8. The second-order valence-corrected chi connectivity index (χ2v) is 7.86. The predicted molar refractivity (Wildman–Crippen MR) is 104 cm³/mol. The molecule has 147 valence electrons. The van der Waals surface area contributed by atoms with Crippen molar-refractivity contribution in [2.24, 2.45) is 5.92 Å². The minimum atomic E-state index is -0.120. The summed E-state index contributed by atoms with van der Waals surface area (Å²) in [6.45, 7) is 12.7. The van der Waals surface area contributed by atoms with Crippen LogP contribution in [0, 0.1) is 19.8 Å². The summed E-state index contributed by atoms with van der Waals surface area (Å²) in [5, 5.41) is 3.09. The molecule has 2 atom stereocenters. The van der Waals surface area contributed by atoms with Crippen LogP contribution in [0.15, 0.2) is 18.2 Å². The summed E-state index contributed by atoms with van der Waals surface area (Å²) in [5.74, 6) is -0.216. The van der Waals surface area contributed by atoms with E-state index >= 15 is 0 Å². The average molecular weight is 450 g/mol. The van der Waals surface area contributed by atoms with E-state index < -0.39 is 0 Å². The molecule has 1 heterocycles. The van der Waals surface area contributed by atoms with Crippen molar-refractivity contribution >= 4 is 17.6 Å². The van der Waals surface area contributed by atoms with Gasteiger partial charge in [0.2, 0.25) is 0 Å². The number of piperidine rings is 1. The van der Waals surface area contributed by atoms with Crippen molar-refractivity contribution in [3.8, 4) is 0 Å². The number of nitrogens with zero attached hydrogens (tertiary/aromatic N) is 1. The molecule has 2 unspecified atom stereocenters. The van der Waals surface area contributed by atoms with E-state index in [-0.39, 0.29) is 56.6 Å². The van der Waals surface area contributed by atoms with Crippen molar-refractivity contribution in [2.45, 2.75) is 53.6 Å². The molecule has 1 amide bonds. The maximum absolute atomic E-state index is 12.8. The number of hydrogen-bond donors (Lipinski definition) is 1. The van der Waals surface area contributed by atoms with Crippen LogP contribution in [0.3, 0.4) is 0 Å². The largest absolute Gasteiger partial charge is 0.463 e. The third kappa shape index (κ3) is 6.65. The number of carbonyl (C=O) groups excluding carboxylic acids is 2. The summed E-state index contributed by atoms with van der Waals surface area (Å²) >= 11 is 0. The van der Waals surface area contributed by atoms with E-state index in [4.69, 9.17) is 4.74 Å². The normalized spacial score (nSPS) is 22.1. The predicted octanol–water partition coefficient (Wildman–Crippen LogP) is 3.44. The number of likely N-dealkylation sites (N-methyl/N-ethyl adjacent to an activating group) is 1. The van der Waals surface area contributed by atoms with E-state index in [9.17, 15) is 9.59 Å². The fourth-order valence-electron chi connectivity index (χ4n) is 3.88. The molecule has 27 heavy (non-hydrogen) atoms. The third-order valence-corrected chi connectivity index (χ3v) is 5.37. The van der Waals surface area contributed by atoms with Gasteiger partial charge in [-0.2, -0.15) is 0 Å². The van der Waals surface area contributed by atoms with E-state index in [2.05, 4.69) is 12.2 Å². The van der Waals surface area contributed by atoms with Gasteiger partial charge in [-0.05, 0) is 58.6 Å². The summed E-state index contributed by atoms with van der Waals surface area (Å²) < 4.78 is 6.06. The van der Waals surface area contributed by atoms with E-state index in [1.165, 1.54) is 0 Å². The number of benzene rings is 1. The molecule has 0 bridgehead atoms. The molecule has 1 aliphatic rings. The molecule has 1 aromatic rings. The van der Waals surface area contributed by atoms with Gasteiger partial charge in [0.1, 0.15) is 5.92 Å². The first-order valence-electron chi connectivity index (χ1n) is 9.68. The van der Waals surface area contributed by atoms with Crippen LogP contribution in [0.4, 0.5) is 5.69 Å². The smallest absolute Gasteiger partial charge is 0.314 e. The topological polar surface area (TPSA) is 55.4 Å². The first kappa shape index (κ1) is 24.3. The fourth-order valence-corrected chi connectivity index (χ4v) is 3.88. The molecule has 0 spiro atoms. The zero-order valence-corrected chi connectivity index (χ0v) is 20.2. The molecule has 1 radical (unpaired) electrons. The Kier molecular flexibility index (Phi) is 9.60. The van der Waals surface area contributed by atoms with Crippen molar-refractivity contribution in [3.05, 3.63) is 29.3 Å². The second-order valence-electron chi connectivity index (χ2n) is 7.86. The Balaban J connectivity index is 0.00000364. The van der Waals surface area contributed by atoms with Gasteiger partial charge >= 0.3 is 5.97 Å². The number of amides is 1. The Morgan fingerprint density at radius 1 is 1.26 bits per heavy atom. The Hall–Kier alpha value is -0.776. The second kappa shape index (κ2) is 10.7. The summed E-state index contributed by atoms with van der Waals surface area (Å²) in [4.78, 5) is 25.1. The van der Waals surface area contributed by atoms with Crippen LogP contribution in [0.25, 0.3) is 0 Å². The van der Waals surface area contributed by atoms with Crippen LogP contribution in [-0.2, 0) is 47.0 Å². The number of rotatable bonds is 6. The zero-order valence-electron chi connectivity index (χ0n) is 17.4. The molecule has 0 aliphatic carbocycles. The molecule has 1 aromatic carbocycles. The summed E-state index contributed by atoms with van der Waals surface area (Å²) in [7, 11) is 0. The number of carbonyl (C=O) groups is 2. The Bertz CT molecular complexity index is 643. The maximum Gasteiger partial charge on any atom is 0.314 e. The average Bonchev–Trinajstić information content (AvgIpc) is 2.58. The van der Waals surface area contributed by atoms with E-state index in [1.54, 1.807) is 0 Å². The standard InChI is InChI=1S/C21H32N2O3.Y/c1-6-23(12-8-11-18(13-23)21(25)26-15(2)3)14-19(24)22-20-16(4)9-7-10-17(20)5;/h7,9-10,15,18H,6,8,11-14H2,1-5H3;/p+1. The molecular weight excluding hydrogens is 417 g/mol. The molecule has 1 N–H and O–H groups in total. The number of ether oxygens (including phenoxy) is 1. The first-order valence-corrected chi connectivity index (χ1v) is 9.68. The van der Waals surface area contributed by atoms with E-state index in [0.29, 0.717) is 17.6 Å². The van der Waals surface area contributed by atoms with Crippen LogP contribution in [0.2, 0.25) is 0 Å². The molecular formula is C21H33N2O3Y+. The third-order valence-electron chi connectivity index (χ3n) is 5.37. The van der Waals surface area contributed by atoms with Gasteiger partial charge in [-0.25, -0.2) is 0 Å². The van der Waals surface area contributed by atoms with Gasteiger partial charge in [-0.1, -0.05) is 18.2 Å². The number of quaternary nitrogens is 1. The van der Waals surface area contributed by atoms with Gasteiger partial charge < -0.3 is 14.5 Å². The molecule has 5 nitrogen and oxygen atoms in total. The number of esters is 1. The summed E-state index contributed by atoms with van der Waals surface area (Å²) in [6.07, 6.45) is 1.70. The van der Waals surface area contributed by atoms with Crippen LogP contribution in [0.5, 0.6) is 0 Å². The van der Waals surface area contributed by atoms with Crippen LogP contribution in [0.1, 0.15) is 44.7 Å². The van der Waals surface area contributed by atoms with Crippen molar-refractivity contribution in [3.63, 3.8) is 0 Å². The number of aryl methyl sites for hydroxylation is 2. The number of hydrogen-bond acceptors (Lipinski definition) is 3. The summed E-state index contributed by atoms with van der Waals surface area (Å²) in [5.41, 5.74) is 3.04. The number of para-hydroxylation sites is 1.